The molecule has 8 heteroatoms. The lowest BCUT2D eigenvalue weighted by atomic mass is 10.2. The molecule has 0 saturated carbocycles. The zero-order valence-electron chi connectivity index (χ0n) is 11.7. The van der Waals surface area contributed by atoms with Crippen LogP contribution in [0.25, 0.3) is 0 Å². The molecule has 0 aliphatic carbocycles. The third kappa shape index (κ3) is 3.79. The van der Waals surface area contributed by atoms with Crippen molar-refractivity contribution in [1.82, 2.24) is 14.8 Å². The largest absolute Gasteiger partial charge is 0.324 e. The van der Waals surface area contributed by atoms with E-state index >= 15 is 0 Å². The number of aromatic nitrogens is 3. The first-order chi connectivity index (χ1) is 10.2. The topological polar surface area (TPSA) is 99.9 Å². The zero-order valence-corrected chi connectivity index (χ0v) is 12.5. The Morgan fingerprint density at radius 3 is 2.90 bits per heavy atom. The van der Waals surface area contributed by atoms with E-state index in [1.54, 1.807) is 12.1 Å². The second-order valence-corrected chi connectivity index (χ2v) is 5.41. The van der Waals surface area contributed by atoms with Gasteiger partial charge in [-0.25, -0.2) is 0 Å². The summed E-state index contributed by atoms with van der Waals surface area (Å²) < 4.78 is 2.00. The second-order valence-electron chi connectivity index (χ2n) is 4.47. The third-order valence-corrected chi connectivity index (χ3v) is 3.95. The van der Waals surface area contributed by atoms with E-state index < -0.39 is 0 Å². The van der Waals surface area contributed by atoms with Crippen molar-refractivity contribution in [3.8, 4) is 0 Å². The van der Waals surface area contributed by atoms with E-state index in [-0.39, 0.29) is 10.6 Å². The predicted molar refractivity (Wildman–Crippen MR) is 80.9 cm³/mol. The van der Waals surface area contributed by atoms with Crippen LogP contribution in [0.1, 0.15) is 24.7 Å². The Kier molecular flexibility index (Phi) is 5.29. The number of nitrogens with two attached hydrogens (primary N) is 1. The first-order valence-corrected chi connectivity index (χ1v) is 7.62. The van der Waals surface area contributed by atoms with Gasteiger partial charge in [0, 0.05) is 24.4 Å². The molecule has 112 valence electrons. The molecule has 0 bridgehead atoms. The van der Waals surface area contributed by atoms with E-state index in [0.29, 0.717) is 12.3 Å². The Balaban J connectivity index is 2.11. The molecule has 1 aromatic carbocycles. The van der Waals surface area contributed by atoms with Gasteiger partial charge in [-0.1, -0.05) is 30.8 Å². The molecule has 2 aromatic rings. The van der Waals surface area contributed by atoms with Crippen LogP contribution in [0.5, 0.6) is 0 Å². The summed E-state index contributed by atoms with van der Waals surface area (Å²) in [5.41, 5.74) is 6.63. The minimum absolute atomic E-state index is 0.103. The van der Waals surface area contributed by atoms with Crippen LogP contribution in [-0.2, 0) is 18.8 Å². The van der Waals surface area contributed by atoms with Crippen molar-refractivity contribution in [2.75, 3.05) is 0 Å². The van der Waals surface area contributed by atoms with Crippen LogP contribution in [-0.4, -0.2) is 19.7 Å². The summed E-state index contributed by atoms with van der Waals surface area (Å²) in [7, 11) is 0. The number of hydrogen-bond donors (Lipinski definition) is 1. The predicted octanol–water partition coefficient (Wildman–Crippen LogP) is 2.35. The molecule has 7 nitrogen and oxygen atoms in total. The van der Waals surface area contributed by atoms with E-state index in [2.05, 4.69) is 17.1 Å². The van der Waals surface area contributed by atoms with Crippen LogP contribution in [0, 0.1) is 10.1 Å². The van der Waals surface area contributed by atoms with Gasteiger partial charge in [0.15, 0.2) is 5.16 Å². The molecule has 1 heterocycles. The average molecular weight is 307 g/mol. The fourth-order valence-corrected chi connectivity index (χ4v) is 2.86. The van der Waals surface area contributed by atoms with Crippen molar-refractivity contribution in [2.24, 2.45) is 5.73 Å². The molecule has 21 heavy (non-hydrogen) atoms. The number of thioether (sulfide) groups is 1. The highest BCUT2D eigenvalue weighted by atomic mass is 32.2. The van der Waals surface area contributed by atoms with Gasteiger partial charge in [-0.3, -0.25) is 10.1 Å². The van der Waals surface area contributed by atoms with Crippen molar-refractivity contribution in [3.05, 3.63) is 45.8 Å². The van der Waals surface area contributed by atoms with E-state index in [1.807, 2.05) is 10.6 Å². The lowest BCUT2D eigenvalue weighted by molar-refractivity contribution is -0.384. The van der Waals surface area contributed by atoms with Gasteiger partial charge in [0.2, 0.25) is 0 Å². The summed E-state index contributed by atoms with van der Waals surface area (Å²) >= 11 is 1.51. The molecular formula is C13H17N5O2S. The van der Waals surface area contributed by atoms with Gasteiger partial charge in [0.05, 0.1) is 11.5 Å². The third-order valence-electron chi connectivity index (χ3n) is 2.91. The zero-order chi connectivity index (χ0) is 15.2. The molecular weight excluding hydrogens is 290 g/mol. The van der Waals surface area contributed by atoms with Gasteiger partial charge in [-0.15, -0.1) is 10.2 Å². The van der Waals surface area contributed by atoms with Crippen molar-refractivity contribution in [3.63, 3.8) is 0 Å². The summed E-state index contributed by atoms with van der Waals surface area (Å²) in [6.07, 6.45) is 0.968. The van der Waals surface area contributed by atoms with Crippen molar-refractivity contribution < 1.29 is 4.92 Å². The highest BCUT2D eigenvalue weighted by molar-refractivity contribution is 7.98. The normalized spacial score (nSPS) is 10.8. The molecule has 0 radical (unpaired) electrons. The number of nitro benzene ring substituents is 1. The van der Waals surface area contributed by atoms with Gasteiger partial charge in [-0.05, 0) is 12.0 Å². The highest BCUT2D eigenvalue weighted by Gasteiger charge is 2.12. The maximum absolute atomic E-state index is 10.8. The van der Waals surface area contributed by atoms with Gasteiger partial charge >= 0.3 is 0 Å². The Morgan fingerprint density at radius 1 is 1.43 bits per heavy atom. The SMILES string of the molecule is CCCn1c(CN)nnc1SCc1cccc([N+](=O)[O-])c1. The average Bonchev–Trinajstić information content (AvgIpc) is 2.88. The number of benzene rings is 1. The van der Waals surface area contributed by atoms with Gasteiger partial charge in [0.1, 0.15) is 5.82 Å². The van der Waals surface area contributed by atoms with Crippen LogP contribution >= 0.6 is 11.8 Å². The van der Waals surface area contributed by atoms with Crippen LogP contribution in [0.15, 0.2) is 29.4 Å². The molecule has 0 spiro atoms. The first-order valence-electron chi connectivity index (χ1n) is 6.64. The van der Waals surface area contributed by atoms with Crippen LogP contribution in [0.3, 0.4) is 0 Å². The molecule has 2 N–H and O–H groups in total. The van der Waals surface area contributed by atoms with Crippen LogP contribution in [0.4, 0.5) is 5.69 Å². The van der Waals surface area contributed by atoms with Crippen molar-refractivity contribution >= 4 is 17.4 Å². The summed E-state index contributed by atoms with van der Waals surface area (Å²) in [6, 6.07) is 6.62. The minimum Gasteiger partial charge on any atom is -0.324 e. The van der Waals surface area contributed by atoms with Gasteiger partial charge in [-0.2, -0.15) is 0 Å². The summed E-state index contributed by atoms with van der Waals surface area (Å²) in [5.74, 6) is 1.37. The van der Waals surface area contributed by atoms with E-state index in [4.69, 9.17) is 5.73 Å². The van der Waals surface area contributed by atoms with Crippen molar-refractivity contribution in [1.29, 1.82) is 0 Å². The Labute approximate surface area is 126 Å². The Morgan fingerprint density at radius 2 is 2.24 bits per heavy atom. The van der Waals surface area contributed by atoms with Gasteiger partial charge < -0.3 is 10.3 Å². The number of rotatable bonds is 7. The first kappa shape index (κ1) is 15.5. The maximum atomic E-state index is 10.8. The summed E-state index contributed by atoms with van der Waals surface area (Å²) in [4.78, 5) is 10.4. The smallest absolute Gasteiger partial charge is 0.269 e. The van der Waals surface area contributed by atoms with E-state index in [9.17, 15) is 10.1 Å². The number of nitrogens with zero attached hydrogens (tertiary/aromatic N) is 4. The molecule has 2 rings (SSSR count). The van der Waals surface area contributed by atoms with E-state index in [0.717, 1.165) is 29.5 Å². The van der Waals surface area contributed by atoms with Crippen LogP contribution in [0.2, 0.25) is 0 Å². The summed E-state index contributed by atoms with van der Waals surface area (Å²) in [5, 5.41) is 19.8. The standard InChI is InChI=1S/C13H17N5O2S/c1-2-6-17-12(8-14)15-16-13(17)21-9-10-4-3-5-11(7-10)18(19)20/h3-5,7H,2,6,8-9,14H2,1H3. The minimum atomic E-state index is -0.389. The molecule has 0 fully saturated rings. The Bertz CT molecular complexity index is 629. The van der Waals surface area contributed by atoms with Crippen molar-refractivity contribution in [2.45, 2.75) is 37.3 Å². The molecule has 0 aliphatic heterocycles. The van der Waals surface area contributed by atoms with Gasteiger partial charge in [0.25, 0.3) is 5.69 Å². The molecule has 0 atom stereocenters. The fraction of sp³-hybridized carbons (Fsp3) is 0.385. The number of non-ortho nitro benzene ring substituents is 1. The molecule has 1 aromatic heterocycles. The quantitative estimate of drug-likeness (QED) is 0.479. The molecule has 0 saturated heterocycles. The molecule has 0 aliphatic rings. The van der Waals surface area contributed by atoms with E-state index in [1.165, 1.54) is 17.8 Å². The monoisotopic (exact) mass is 307 g/mol. The lowest BCUT2D eigenvalue weighted by Crippen LogP contribution is -2.09. The highest BCUT2D eigenvalue weighted by Crippen LogP contribution is 2.24. The van der Waals surface area contributed by atoms with Crippen LogP contribution < -0.4 is 5.73 Å². The lowest BCUT2D eigenvalue weighted by Gasteiger charge is -2.07. The maximum Gasteiger partial charge on any atom is 0.269 e. The fourth-order valence-electron chi connectivity index (χ4n) is 1.93. The number of hydrogen-bond acceptors (Lipinski definition) is 6. The number of nitro groups is 1. The molecule has 0 unspecified atom stereocenters. The molecule has 0 amide bonds. The Hall–Kier alpha value is -1.93. The second kappa shape index (κ2) is 7.19. The summed E-state index contributed by atoms with van der Waals surface area (Å²) in [6.45, 7) is 3.25.